The average Bonchev–Trinajstić information content (AvgIpc) is 2.73. The third-order valence-corrected chi connectivity index (χ3v) is 3.47. The maximum absolute atomic E-state index is 10.8. The molecule has 1 saturated heterocycles. The van der Waals surface area contributed by atoms with Crippen LogP contribution in [0.1, 0.15) is 18.9 Å². The van der Waals surface area contributed by atoms with E-state index in [0.29, 0.717) is 12.6 Å². The quantitative estimate of drug-likeness (QED) is 0.674. The zero-order chi connectivity index (χ0) is 13.1. The van der Waals surface area contributed by atoms with Crippen molar-refractivity contribution in [3.8, 4) is 0 Å². The first kappa shape index (κ1) is 13.3. The third-order valence-electron chi connectivity index (χ3n) is 3.15. The number of ether oxygens (including phenoxy) is 1. The molecule has 0 amide bonds. The van der Waals surface area contributed by atoms with Gasteiger partial charge in [-0.1, -0.05) is 17.7 Å². The van der Waals surface area contributed by atoms with Crippen molar-refractivity contribution in [2.75, 3.05) is 6.61 Å². The van der Waals surface area contributed by atoms with E-state index < -0.39 is 4.92 Å². The largest absolute Gasteiger partial charge is 0.377 e. The second-order valence-electron chi connectivity index (χ2n) is 4.39. The fourth-order valence-corrected chi connectivity index (χ4v) is 2.24. The molecule has 2 rings (SSSR count). The monoisotopic (exact) mass is 270 g/mol. The van der Waals surface area contributed by atoms with E-state index in [4.69, 9.17) is 16.3 Å². The van der Waals surface area contributed by atoms with E-state index in [0.717, 1.165) is 18.6 Å². The molecule has 0 saturated carbocycles. The lowest BCUT2D eigenvalue weighted by atomic mass is 10.1. The van der Waals surface area contributed by atoms with Gasteiger partial charge in [0.15, 0.2) is 0 Å². The van der Waals surface area contributed by atoms with Crippen LogP contribution in [0.3, 0.4) is 0 Å². The third kappa shape index (κ3) is 2.98. The van der Waals surface area contributed by atoms with Crippen LogP contribution in [-0.4, -0.2) is 23.7 Å². The Morgan fingerprint density at radius 1 is 1.61 bits per heavy atom. The summed E-state index contributed by atoms with van der Waals surface area (Å²) in [5.74, 6) is 0. The molecule has 2 unspecified atom stereocenters. The molecule has 5 nitrogen and oxygen atoms in total. The molecule has 1 fully saturated rings. The molecule has 1 aromatic rings. The van der Waals surface area contributed by atoms with Gasteiger partial charge in [-0.3, -0.25) is 10.1 Å². The molecule has 1 N–H and O–H groups in total. The summed E-state index contributed by atoms with van der Waals surface area (Å²) in [6, 6.07) is 5.17. The summed E-state index contributed by atoms with van der Waals surface area (Å²) in [7, 11) is 0. The molecule has 0 spiro atoms. The summed E-state index contributed by atoms with van der Waals surface area (Å²) in [6.07, 6.45) is 1.16. The fourth-order valence-electron chi connectivity index (χ4n) is 2.06. The molecule has 0 aliphatic carbocycles. The molecule has 6 heteroatoms. The number of nitrogens with one attached hydrogen (secondary N) is 1. The highest BCUT2D eigenvalue weighted by atomic mass is 35.5. The predicted molar refractivity (Wildman–Crippen MR) is 68.8 cm³/mol. The number of nitro benzene ring substituents is 1. The summed E-state index contributed by atoms with van der Waals surface area (Å²) in [6.45, 7) is 3.37. The minimum absolute atomic E-state index is 0.0494. The molecule has 1 aliphatic heterocycles. The SMILES string of the molecule is CC1OCCC1NCc1ccc(Cl)c([N+](=O)[O-])c1. The number of benzene rings is 1. The number of hydrogen-bond acceptors (Lipinski definition) is 4. The minimum atomic E-state index is -0.465. The maximum atomic E-state index is 10.8. The average molecular weight is 271 g/mol. The van der Waals surface area contributed by atoms with E-state index in [1.807, 2.05) is 6.92 Å². The zero-order valence-corrected chi connectivity index (χ0v) is 10.8. The smallest absolute Gasteiger partial charge is 0.288 e. The molecule has 0 bridgehead atoms. The lowest BCUT2D eigenvalue weighted by Crippen LogP contribution is -2.34. The summed E-state index contributed by atoms with van der Waals surface area (Å²) < 4.78 is 5.44. The van der Waals surface area contributed by atoms with Gasteiger partial charge in [0, 0.05) is 25.3 Å². The van der Waals surface area contributed by atoms with Crippen LogP contribution in [0.15, 0.2) is 18.2 Å². The van der Waals surface area contributed by atoms with Crippen LogP contribution < -0.4 is 5.32 Å². The minimum Gasteiger partial charge on any atom is -0.377 e. The highest BCUT2D eigenvalue weighted by Gasteiger charge is 2.23. The highest BCUT2D eigenvalue weighted by Crippen LogP contribution is 2.25. The molecule has 2 atom stereocenters. The summed E-state index contributed by atoms with van der Waals surface area (Å²) in [5, 5.41) is 14.3. The first-order chi connectivity index (χ1) is 8.58. The number of rotatable bonds is 4. The molecule has 0 radical (unpaired) electrons. The van der Waals surface area contributed by atoms with Gasteiger partial charge in [0.1, 0.15) is 5.02 Å². The van der Waals surface area contributed by atoms with Gasteiger partial charge in [-0.2, -0.15) is 0 Å². The number of nitro groups is 1. The lowest BCUT2D eigenvalue weighted by molar-refractivity contribution is -0.384. The standard InChI is InChI=1S/C12H15ClN2O3/c1-8-11(4-5-18-8)14-7-9-2-3-10(13)12(6-9)15(16)17/h2-3,6,8,11,14H,4-5,7H2,1H3. The molecule has 1 aromatic carbocycles. The van der Waals surface area contributed by atoms with E-state index >= 15 is 0 Å². The van der Waals surface area contributed by atoms with Gasteiger partial charge < -0.3 is 10.1 Å². The summed E-state index contributed by atoms with van der Waals surface area (Å²) in [4.78, 5) is 10.3. The molecule has 98 valence electrons. The van der Waals surface area contributed by atoms with Crippen LogP contribution in [-0.2, 0) is 11.3 Å². The Morgan fingerprint density at radius 2 is 2.39 bits per heavy atom. The van der Waals surface area contributed by atoms with Gasteiger partial charge in [0.2, 0.25) is 0 Å². The first-order valence-electron chi connectivity index (χ1n) is 5.85. The van der Waals surface area contributed by atoms with Gasteiger partial charge in [-0.05, 0) is 25.0 Å². The van der Waals surface area contributed by atoms with Crippen molar-refractivity contribution >= 4 is 17.3 Å². The van der Waals surface area contributed by atoms with Crippen LogP contribution >= 0.6 is 11.6 Å². The fraction of sp³-hybridized carbons (Fsp3) is 0.500. The van der Waals surface area contributed by atoms with Crippen LogP contribution in [0.25, 0.3) is 0 Å². The number of halogens is 1. The van der Waals surface area contributed by atoms with Crippen molar-refractivity contribution < 1.29 is 9.66 Å². The van der Waals surface area contributed by atoms with Crippen LogP contribution in [0, 0.1) is 10.1 Å². The van der Waals surface area contributed by atoms with E-state index in [1.165, 1.54) is 6.07 Å². The van der Waals surface area contributed by atoms with Crippen molar-refractivity contribution in [1.82, 2.24) is 5.32 Å². The van der Waals surface area contributed by atoms with Gasteiger partial charge >= 0.3 is 0 Å². The van der Waals surface area contributed by atoms with E-state index in [1.54, 1.807) is 12.1 Å². The van der Waals surface area contributed by atoms with E-state index in [9.17, 15) is 10.1 Å². The Hall–Kier alpha value is -1.17. The van der Waals surface area contributed by atoms with Crippen molar-refractivity contribution in [2.45, 2.75) is 32.0 Å². The van der Waals surface area contributed by atoms with E-state index in [-0.39, 0.29) is 16.8 Å². The second kappa shape index (κ2) is 5.65. The lowest BCUT2D eigenvalue weighted by Gasteiger charge is -2.15. The Balaban J connectivity index is 2.01. The number of hydrogen-bond donors (Lipinski definition) is 1. The first-order valence-corrected chi connectivity index (χ1v) is 6.23. The molecule has 1 heterocycles. The van der Waals surface area contributed by atoms with Crippen molar-refractivity contribution in [3.63, 3.8) is 0 Å². The van der Waals surface area contributed by atoms with Gasteiger partial charge in [0.05, 0.1) is 11.0 Å². The molecule has 0 aromatic heterocycles. The Bertz CT molecular complexity index is 453. The summed E-state index contributed by atoms with van der Waals surface area (Å²) >= 11 is 5.76. The van der Waals surface area contributed by atoms with E-state index in [2.05, 4.69) is 5.32 Å². The Kier molecular flexibility index (Phi) is 4.16. The topological polar surface area (TPSA) is 64.4 Å². The molecule has 1 aliphatic rings. The molecular formula is C12H15ClN2O3. The van der Waals surface area contributed by atoms with Gasteiger partial charge in [0.25, 0.3) is 5.69 Å². The second-order valence-corrected chi connectivity index (χ2v) is 4.80. The zero-order valence-electron chi connectivity index (χ0n) is 10.1. The van der Waals surface area contributed by atoms with Gasteiger partial charge in [-0.15, -0.1) is 0 Å². The molecule has 18 heavy (non-hydrogen) atoms. The highest BCUT2D eigenvalue weighted by molar-refractivity contribution is 6.32. The number of nitrogens with zero attached hydrogens (tertiary/aromatic N) is 1. The van der Waals surface area contributed by atoms with Crippen LogP contribution in [0.4, 0.5) is 5.69 Å². The normalized spacial score (nSPS) is 23.2. The van der Waals surface area contributed by atoms with Crippen molar-refractivity contribution in [1.29, 1.82) is 0 Å². The van der Waals surface area contributed by atoms with Gasteiger partial charge in [-0.25, -0.2) is 0 Å². The van der Waals surface area contributed by atoms with Crippen LogP contribution in [0.5, 0.6) is 0 Å². The van der Waals surface area contributed by atoms with Crippen molar-refractivity contribution in [2.24, 2.45) is 0 Å². The maximum Gasteiger partial charge on any atom is 0.288 e. The van der Waals surface area contributed by atoms with Crippen LogP contribution in [0.2, 0.25) is 5.02 Å². The Labute approximate surface area is 110 Å². The predicted octanol–water partition coefficient (Wildman–Crippen LogP) is 2.52. The summed E-state index contributed by atoms with van der Waals surface area (Å²) in [5.41, 5.74) is 0.803. The molecular weight excluding hydrogens is 256 g/mol. The van der Waals surface area contributed by atoms with Crippen molar-refractivity contribution in [3.05, 3.63) is 38.9 Å². The Morgan fingerprint density at radius 3 is 3.00 bits per heavy atom.